The SMILES string of the molecule is c1ccc(-c2ccc(-n3c4ccccc4c4cc(-c5ccc6c(c5)c5cc([Si](c7ccccc7)(c7ccccc7)c7ccccc7)ccc5n6-c5ccc(-c6ccccc6)cc5)ccc43)cc2)cc1. The van der Waals surface area contributed by atoms with E-state index in [-0.39, 0.29) is 0 Å². The number of benzene rings is 11. The van der Waals surface area contributed by atoms with Crippen molar-refractivity contribution in [1.29, 1.82) is 0 Å². The molecule has 0 fully saturated rings. The molecule has 11 aromatic carbocycles. The molecule has 2 nitrogen and oxygen atoms in total. The van der Waals surface area contributed by atoms with E-state index >= 15 is 0 Å². The van der Waals surface area contributed by atoms with Gasteiger partial charge in [-0.1, -0.05) is 218 Å². The zero-order chi connectivity index (χ0) is 45.7. The van der Waals surface area contributed by atoms with Crippen molar-refractivity contribution >= 4 is 72.4 Å². The molecule has 0 amide bonds. The molecule has 69 heavy (non-hydrogen) atoms. The summed E-state index contributed by atoms with van der Waals surface area (Å²) in [6, 6.07) is 103. The Morgan fingerprint density at radius 2 is 0.522 bits per heavy atom. The lowest BCUT2D eigenvalue weighted by Crippen LogP contribution is -2.74. The van der Waals surface area contributed by atoms with E-state index in [4.69, 9.17) is 0 Å². The summed E-state index contributed by atoms with van der Waals surface area (Å²) in [5, 5.41) is 10.4. The van der Waals surface area contributed by atoms with E-state index in [0.29, 0.717) is 0 Å². The van der Waals surface area contributed by atoms with E-state index in [1.807, 2.05) is 0 Å². The van der Waals surface area contributed by atoms with Crippen LogP contribution in [0.3, 0.4) is 0 Å². The smallest absolute Gasteiger partial charge is 0.179 e. The van der Waals surface area contributed by atoms with Crippen molar-refractivity contribution in [1.82, 2.24) is 9.13 Å². The molecule has 13 rings (SSSR count). The molecule has 0 saturated heterocycles. The van der Waals surface area contributed by atoms with Crippen LogP contribution < -0.4 is 20.7 Å². The quantitative estimate of drug-likeness (QED) is 0.101. The Morgan fingerprint density at radius 3 is 0.971 bits per heavy atom. The van der Waals surface area contributed by atoms with Crippen LogP contribution in [0.1, 0.15) is 0 Å². The number of nitrogens with zero attached hydrogens (tertiary/aromatic N) is 2. The predicted molar refractivity (Wildman–Crippen MR) is 295 cm³/mol. The number of para-hydroxylation sites is 1. The molecule has 0 aliphatic carbocycles. The zero-order valence-electron chi connectivity index (χ0n) is 38.0. The highest BCUT2D eigenvalue weighted by atomic mass is 28.3. The van der Waals surface area contributed by atoms with Gasteiger partial charge in [0.2, 0.25) is 0 Å². The van der Waals surface area contributed by atoms with Crippen LogP contribution in [-0.2, 0) is 0 Å². The van der Waals surface area contributed by atoms with Crippen molar-refractivity contribution < 1.29 is 0 Å². The van der Waals surface area contributed by atoms with Gasteiger partial charge in [0, 0.05) is 32.9 Å². The lowest BCUT2D eigenvalue weighted by molar-refractivity contribution is 1.18. The third-order valence-corrected chi connectivity index (χ3v) is 19.1. The number of hydrogen-bond donors (Lipinski definition) is 0. The topological polar surface area (TPSA) is 9.86 Å². The first kappa shape index (κ1) is 40.5. The van der Waals surface area contributed by atoms with Crippen LogP contribution in [0.15, 0.2) is 279 Å². The van der Waals surface area contributed by atoms with E-state index in [9.17, 15) is 0 Å². The zero-order valence-corrected chi connectivity index (χ0v) is 39.0. The van der Waals surface area contributed by atoms with Gasteiger partial charge in [-0.2, -0.15) is 0 Å². The molecular weight excluding hydrogens is 849 g/mol. The van der Waals surface area contributed by atoms with Crippen molar-refractivity contribution in [3.8, 4) is 44.8 Å². The Balaban J connectivity index is 1.02. The van der Waals surface area contributed by atoms with Crippen molar-refractivity contribution in [2.75, 3.05) is 0 Å². The molecule has 0 atom stereocenters. The van der Waals surface area contributed by atoms with Crippen molar-refractivity contribution in [2.45, 2.75) is 0 Å². The highest BCUT2D eigenvalue weighted by molar-refractivity contribution is 7.20. The molecular formula is C66H46N2Si. The fraction of sp³-hybridized carbons (Fsp3) is 0. The molecule has 3 heteroatoms. The molecule has 2 heterocycles. The van der Waals surface area contributed by atoms with Gasteiger partial charge in [0.05, 0.1) is 22.1 Å². The predicted octanol–water partition coefficient (Wildman–Crippen LogP) is 14.3. The largest absolute Gasteiger partial charge is 0.309 e. The summed E-state index contributed by atoms with van der Waals surface area (Å²) >= 11 is 0. The Bertz CT molecular complexity index is 3860. The maximum atomic E-state index is 2.54. The van der Waals surface area contributed by atoms with Gasteiger partial charge < -0.3 is 9.13 Å². The first-order valence-corrected chi connectivity index (χ1v) is 25.8. The summed E-state index contributed by atoms with van der Waals surface area (Å²) < 4.78 is 4.87. The molecule has 2 aromatic heterocycles. The number of rotatable bonds is 9. The van der Waals surface area contributed by atoms with Crippen LogP contribution in [0.4, 0.5) is 0 Å². The summed E-state index contributed by atoms with van der Waals surface area (Å²) in [6.45, 7) is 0. The molecule has 0 spiro atoms. The van der Waals surface area contributed by atoms with E-state index < -0.39 is 8.07 Å². The van der Waals surface area contributed by atoms with Gasteiger partial charge in [-0.05, 0) is 115 Å². The minimum atomic E-state index is -2.81. The third kappa shape index (κ3) is 6.78. The number of aromatic nitrogens is 2. The summed E-state index contributed by atoms with van der Waals surface area (Å²) in [6.07, 6.45) is 0. The van der Waals surface area contributed by atoms with E-state index in [1.54, 1.807) is 0 Å². The van der Waals surface area contributed by atoms with Crippen molar-refractivity contribution in [3.63, 3.8) is 0 Å². The van der Waals surface area contributed by atoms with E-state index in [1.165, 1.54) is 97.7 Å². The molecule has 0 aliphatic heterocycles. The van der Waals surface area contributed by atoms with Crippen LogP contribution in [0, 0.1) is 0 Å². The summed E-state index contributed by atoms with van der Waals surface area (Å²) in [7, 11) is -2.81. The summed E-state index contributed by atoms with van der Waals surface area (Å²) in [4.78, 5) is 0. The molecule has 324 valence electrons. The third-order valence-electron chi connectivity index (χ3n) is 14.3. The lowest BCUT2D eigenvalue weighted by atomic mass is 10.0. The normalized spacial score (nSPS) is 11.8. The molecule has 13 aromatic rings. The Kier molecular flexibility index (Phi) is 9.88. The Morgan fingerprint density at radius 1 is 0.203 bits per heavy atom. The minimum absolute atomic E-state index is 1.14. The highest BCUT2D eigenvalue weighted by Crippen LogP contribution is 2.39. The molecule has 0 N–H and O–H groups in total. The van der Waals surface area contributed by atoms with Crippen LogP contribution in [0.2, 0.25) is 0 Å². The van der Waals surface area contributed by atoms with Gasteiger partial charge in [-0.25, -0.2) is 0 Å². The fourth-order valence-electron chi connectivity index (χ4n) is 11.1. The first-order valence-electron chi connectivity index (χ1n) is 23.8. The summed E-state index contributed by atoms with van der Waals surface area (Å²) in [5.41, 5.74) is 14.3. The second kappa shape index (κ2) is 16.8. The maximum absolute atomic E-state index is 2.81. The van der Waals surface area contributed by atoms with Crippen molar-refractivity contribution in [3.05, 3.63) is 279 Å². The fourth-order valence-corrected chi connectivity index (χ4v) is 15.8. The Labute approximate surface area is 403 Å². The van der Waals surface area contributed by atoms with Crippen LogP contribution in [0.25, 0.3) is 88.4 Å². The molecule has 0 bridgehead atoms. The highest BCUT2D eigenvalue weighted by Gasteiger charge is 2.41. The first-order chi connectivity index (χ1) is 34.2. The molecule has 0 saturated carbocycles. The molecule has 0 aliphatic rings. The monoisotopic (exact) mass is 894 g/mol. The van der Waals surface area contributed by atoms with Gasteiger partial charge in [0.1, 0.15) is 0 Å². The van der Waals surface area contributed by atoms with Gasteiger partial charge in [-0.15, -0.1) is 0 Å². The second-order valence-corrected chi connectivity index (χ2v) is 21.9. The average molecular weight is 895 g/mol. The van der Waals surface area contributed by atoms with Crippen LogP contribution >= 0.6 is 0 Å². The van der Waals surface area contributed by atoms with E-state index in [2.05, 4.69) is 288 Å². The number of hydrogen-bond acceptors (Lipinski definition) is 0. The average Bonchev–Trinajstić information content (AvgIpc) is 3.94. The van der Waals surface area contributed by atoms with Crippen molar-refractivity contribution in [2.24, 2.45) is 0 Å². The van der Waals surface area contributed by atoms with Gasteiger partial charge in [0.25, 0.3) is 0 Å². The summed E-state index contributed by atoms with van der Waals surface area (Å²) in [5.74, 6) is 0. The Hall–Kier alpha value is -8.76. The van der Waals surface area contributed by atoms with Crippen LogP contribution in [-0.4, -0.2) is 17.2 Å². The van der Waals surface area contributed by atoms with Crippen LogP contribution in [0.5, 0.6) is 0 Å². The number of fused-ring (bicyclic) bond motifs is 6. The van der Waals surface area contributed by atoms with Gasteiger partial charge in [-0.3, -0.25) is 0 Å². The standard InChI is InChI=1S/C66H46N2Si/c1-6-18-47(19-7-1)49-30-36-53(37-31-49)67-63-29-17-16-28-59(63)60-44-51(34-41-64(60)67)52-35-42-65-61(45-52)62-46-58(40-43-66(62)68(65)54-38-32-50(33-39-54)48-20-8-2-9-21-48)69(55-22-10-3-11-23-55,56-24-12-4-13-25-56)57-26-14-5-15-27-57/h1-46H. The molecule has 0 radical (unpaired) electrons. The minimum Gasteiger partial charge on any atom is -0.309 e. The van der Waals surface area contributed by atoms with Gasteiger partial charge >= 0.3 is 0 Å². The molecule has 0 unspecified atom stereocenters. The maximum Gasteiger partial charge on any atom is 0.179 e. The lowest BCUT2D eigenvalue weighted by Gasteiger charge is -2.34. The van der Waals surface area contributed by atoms with E-state index in [0.717, 1.165) is 11.4 Å². The second-order valence-electron chi connectivity index (χ2n) is 18.1. The van der Waals surface area contributed by atoms with Gasteiger partial charge in [0.15, 0.2) is 8.07 Å².